The Labute approximate surface area is 144 Å². The fraction of sp³-hybridized carbons (Fsp3) is 0.412. The molecule has 1 rings (SSSR count). The van der Waals surface area contributed by atoms with E-state index >= 15 is 0 Å². The van der Waals surface area contributed by atoms with Gasteiger partial charge >= 0.3 is 12.6 Å². The number of carbonyl (C=O) groups excluding carboxylic acids is 2. The third-order valence-corrected chi connectivity index (χ3v) is 2.91. The van der Waals surface area contributed by atoms with E-state index in [2.05, 4.69) is 10.1 Å². The zero-order valence-corrected chi connectivity index (χ0v) is 14.3. The van der Waals surface area contributed by atoms with Crippen molar-refractivity contribution in [1.29, 1.82) is 0 Å². The fourth-order valence-corrected chi connectivity index (χ4v) is 1.84. The molecule has 0 aromatic heterocycles. The summed E-state index contributed by atoms with van der Waals surface area (Å²) in [7, 11) is 0. The van der Waals surface area contributed by atoms with Crippen LogP contribution in [0.1, 0.15) is 26.3 Å². The Kier molecular flexibility index (Phi) is 8.38. The summed E-state index contributed by atoms with van der Waals surface area (Å²) in [6.07, 6.45) is 1.63. The van der Waals surface area contributed by atoms with Crippen LogP contribution in [0.5, 0.6) is 11.5 Å². The standard InChI is InChI=1S/C17H21F2NO5/c1-4-20-16(22)11(3)24-15(21)9-7-12-6-8-13(25-17(18)19)14(10-12)23-5-2/h6-11,17H,4-5H2,1-3H3,(H,20,22)/b9-7+/t11-/m0/s1. The second-order valence-corrected chi connectivity index (χ2v) is 4.82. The van der Waals surface area contributed by atoms with Gasteiger partial charge in [-0.15, -0.1) is 0 Å². The molecule has 1 aromatic rings. The van der Waals surface area contributed by atoms with Crippen molar-refractivity contribution in [2.45, 2.75) is 33.5 Å². The summed E-state index contributed by atoms with van der Waals surface area (Å²) in [5.41, 5.74) is 0.521. The topological polar surface area (TPSA) is 73.9 Å². The minimum absolute atomic E-state index is 0.0959. The van der Waals surface area contributed by atoms with Crippen LogP contribution in [-0.4, -0.2) is 37.7 Å². The van der Waals surface area contributed by atoms with Gasteiger partial charge in [0.1, 0.15) is 0 Å². The normalized spacial score (nSPS) is 12.1. The van der Waals surface area contributed by atoms with Crippen molar-refractivity contribution in [2.75, 3.05) is 13.2 Å². The predicted molar refractivity (Wildman–Crippen MR) is 87.5 cm³/mol. The van der Waals surface area contributed by atoms with E-state index in [0.717, 1.165) is 6.08 Å². The van der Waals surface area contributed by atoms with Gasteiger partial charge in [0.15, 0.2) is 17.6 Å². The van der Waals surface area contributed by atoms with Crippen molar-refractivity contribution < 1.29 is 32.6 Å². The van der Waals surface area contributed by atoms with Gasteiger partial charge in [-0.25, -0.2) is 4.79 Å². The largest absolute Gasteiger partial charge is 0.490 e. The first kappa shape index (κ1) is 20.4. The van der Waals surface area contributed by atoms with E-state index in [1.165, 1.54) is 31.2 Å². The third kappa shape index (κ3) is 7.19. The van der Waals surface area contributed by atoms with E-state index < -0.39 is 24.6 Å². The van der Waals surface area contributed by atoms with Crippen molar-refractivity contribution in [3.63, 3.8) is 0 Å². The molecular formula is C17H21F2NO5. The first-order valence-electron chi connectivity index (χ1n) is 7.75. The number of likely N-dealkylation sites (N-methyl/N-ethyl adjacent to an activating group) is 1. The highest BCUT2D eigenvalue weighted by molar-refractivity contribution is 5.90. The van der Waals surface area contributed by atoms with Crippen LogP contribution in [0.25, 0.3) is 6.08 Å². The molecule has 0 bridgehead atoms. The smallest absolute Gasteiger partial charge is 0.387 e. The molecule has 0 fully saturated rings. The minimum atomic E-state index is -2.97. The van der Waals surface area contributed by atoms with Gasteiger partial charge in [0, 0.05) is 12.6 Å². The van der Waals surface area contributed by atoms with E-state index in [4.69, 9.17) is 9.47 Å². The van der Waals surface area contributed by atoms with E-state index in [0.29, 0.717) is 12.1 Å². The summed E-state index contributed by atoms with van der Waals surface area (Å²) in [4.78, 5) is 23.2. The summed E-state index contributed by atoms with van der Waals surface area (Å²) < 4.78 is 39.3. The highest BCUT2D eigenvalue weighted by Crippen LogP contribution is 2.30. The Morgan fingerprint density at radius 3 is 2.56 bits per heavy atom. The fourth-order valence-electron chi connectivity index (χ4n) is 1.84. The summed E-state index contributed by atoms with van der Waals surface area (Å²) in [5, 5.41) is 2.54. The lowest BCUT2D eigenvalue weighted by molar-refractivity contribution is -0.150. The van der Waals surface area contributed by atoms with Crippen molar-refractivity contribution in [2.24, 2.45) is 0 Å². The Morgan fingerprint density at radius 2 is 1.96 bits per heavy atom. The second kappa shape index (κ2) is 10.3. The van der Waals surface area contributed by atoms with Gasteiger partial charge in [0.25, 0.3) is 5.91 Å². The van der Waals surface area contributed by atoms with Crippen LogP contribution in [0.3, 0.4) is 0 Å². The maximum Gasteiger partial charge on any atom is 0.387 e. The van der Waals surface area contributed by atoms with E-state index in [9.17, 15) is 18.4 Å². The molecule has 6 nitrogen and oxygen atoms in total. The molecule has 0 radical (unpaired) electrons. The molecule has 1 aromatic carbocycles. The molecule has 0 spiro atoms. The molecule has 1 atom stereocenters. The van der Waals surface area contributed by atoms with E-state index in [1.807, 2.05) is 0 Å². The van der Waals surface area contributed by atoms with E-state index in [1.54, 1.807) is 13.8 Å². The monoisotopic (exact) mass is 357 g/mol. The Morgan fingerprint density at radius 1 is 1.24 bits per heavy atom. The third-order valence-electron chi connectivity index (χ3n) is 2.91. The Balaban J connectivity index is 2.77. The number of hydrogen-bond donors (Lipinski definition) is 1. The Bertz CT molecular complexity index is 619. The van der Waals surface area contributed by atoms with Crippen LogP contribution in [-0.2, 0) is 14.3 Å². The van der Waals surface area contributed by atoms with Crippen LogP contribution in [0.4, 0.5) is 8.78 Å². The highest BCUT2D eigenvalue weighted by Gasteiger charge is 2.15. The molecule has 8 heteroatoms. The van der Waals surface area contributed by atoms with Gasteiger partial charge in [-0.05, 0) is 44.5 Å². The molecule has 0 saturated heterocycles. The van der Waals surface area contributed by atoms with Gasteiger partial charge in [-0.2, -0.15) is 8.78 Å². The van der Waals surface area contributed by atoms with E-state index in [-0.39, 0.29) is 18.1 Å². The predicted octanol–water partition coefficient (Wildman–Crippen LogP) is 2.77. The average Bonchev–Trinajstić information content (AvgIpc) is 2.55. The average molecular weight is 357 g/mol. The number of rotatable bonds is 9. The van der Waals surface area contributed by atoms with Crippen molar-refractivity contribution in [3.05, 3.63) is 29.8 Å². The lowest BCUT2D eigenvalue weighted by Gasteiger charge is -2.12. The molecule has 0 unspecified atom stereocenters. The molecule has 0 saturated carbocycles. The van der Waals surface area contributed by atoms with Crippen molar-refractivity contribution >= 4 is 18.0 Å². The van der Waals surface area contributed by atoms with Gasteiger partial charge < -0.3 is 19.5 Å². The molecule has 0 aliphatic rings. The second-order valence-electron chi connectivity index (χ2n) is 4.82. The maximum atomic E-state index is 12.4. The van der Waals surface area contributed by atoms with Crippen LogP contribution in [0.15, 0.2) is 24.3 Å². The zero-order chi connectivity index (χ0) is 18.8. The molecule has 138 valence electrons. The highest BCUT2D eigenvalue weighted by atomic mass is 19.3. The molecule has 1 amide bonds. The van der Waals surface area contributed by atoms with Crippen LogP contribution in [0, 0.1) is 0 Å². The lowest BCUT2D eigenvalue weighted by atomic mass is 10.2. The minimum Gasteiger partial charge on any atom is -0.490 e. The number of halogens is 2. The van der Waals surface area contributed by atoms with Crippen LogP contribution in [0.2, 0.25) is 0 Å². The number of hydrogen-bond acceptors (Lipinski definition) is 5. The maximum absolute atomic E-state index is 12.4. The number of nitrogens with one attached hydrogen (secondary N) is 1. The first-order chi connectivity index (χ1) is 11.9. The molecular weight excluding hydrogens is 336 g/mol. The van der Waals surface area contributed by atoms with Crippen LogP contribution < -0.4 is 14.8 Å². The zero-order valence-electron chi connectivity index (χ0n) is 14.3. The summed E-state index contributed by atoms with van der Waals surface area (Å²) >= 11 is 0. The number of ether oxygens (including phenoxy) is 3. The van der Waals surface area contributed by atoms with Gasteiger partial charge in [0.05, 0.1) is 6.61 Å². The van der Waals surface area contributed by atoms with Gasteiger partial charge in [0.2, 0.25) is 0 Å². The van der Waals surface area contributed by atoms with Crippen molar-refractivity contribution in [3.8, 4) is 11.5 Å². The van der Waals surface area contributed by atoms with Gasteiger partial charge in [-0.3, -0.25) is 4.79 Å². The Hall–Kier alpha value is -2.64. The number of alkyl halides is 2. The molecule has 25 heavy (non-hydrogen) atoms. The summed E-state index contributed by atoms with van der Waals surface area (Å²) in [5.74, 6) is -1.06. The van der Waals surface area contributed by atoms with Crippen LogP contribution >= 0.6 is 0 Å². The van der Waals surface area contributed by atoms with Crippen molar-refractivity contribution in [1.82, 2.24) is 5.32 Å². The summed E-state index contributed by atoms with van der Waals surface area (Å²) in [6.45, 7) is 2.65. The SMILES string of the molecule is CCNC(=O)[C@H](C)OC(=O)/C=C/c1ccc(OC(F)F)c(OCC)c1. The molecule has 0 aliphatic heterocycles. The number of carbonyl (C=O) groups is 2. The first-order valence-corrected chi connectivity index (χ1v) is 7.75. The lowest BCUT2D eigenvalue weighted by Crippen LogP contribution is -2.35. The number of benzene rings is 1. The number of esters is 1. The molecule has 0 heterocycles. The molecule has 0 aliphatic carbocycles. The quantitative estimate of drug-likeness (QED) is 0.543. The number of amides is 1. The van der Waals surface area contributed by atoms with Gasteiger partial charge in [-0.1, -0.05) is 6.07 Å². The summed E-state index contributed by atoms with van der Waals surface area (Å²) in [6, 6.07) is 4.26. The molecule has 1 N–H and O–H groups in total.